The Balaban J connectivity index is 1.57. The monoisotopic (exact) mass is 514 g/mol. The second kappa shape index (κ2) is 11.0. The van der Waals surface area contributed by atoms with Crippen LogP contribution in [0.1, 0.15) is 21.5 Å². The average Bonchev–Trinajstić information content (AvgIpc) is 2.77. The molecule has 0 aliphatic rings. The zero-order chi connectivity index (χ0) is 23.1. The van der Waals surface area contributed by atoms with Crippen molar-refractivity contribution in [3.8, 4) is 17.2 Å². The molecule has 0 unspecified atom stereocenters. The van der Waals surface area contributed by atoms with Gasteiger partial charge in [0.15, 0.2) is 12.4 Å². The van der Waals surface area contributed by atoms with Crippen molar-refractivity contribution in [1.29, 1.82) is 0 Å². The van der Waals surface area contributed by atoms with Gasteiger partial charge in [0.2, 0.25) is 0 Å². The number of carbonyl (C=O) groups excluding carboxylic acids is 2. The predicted molar refractivity (Wildman–Crippen MR) is 128 cm³/mol. The van der Waals surface area contributed by atoms with Crippen molar-refractivity contribution in [3.63, 3.8) is 0 Å². The molecule has 0 bridgehead atoms. The first kappa shape index (κ1) is 23.6. The Morgan fingerprint density at radius 3 is 2.41 bits per heavy atom. The SMILES string of the molecule is COc1ccc(Br)cc1C(=O)/C=C/c1ccc(OC(=O)COc2ccc(Cl)cc2C)cc1. The van der Waals surface area contributed by atoms with Gasteiger partial charge in [-0.15, -0.1) is 0 Å². The third kappa shape index (κ3) is 6.45. The van der Waals surface area contributed by atoms with Crippen LogP contribution in [0.5, 0.6) is 17.2 Å². The number of benzene rings is 3. The van der Waals surface area contributed by atoms with Gasteiger partial charge in [-0.05, 0) is 72.7 Å². The molecule has 0 aromatic heterocycles. The maximum atomic E-state index is 12.5. The highest BCUT2D eigenvalue weighted by Gasteiger charge is 2.11. The second-order valence-corrected chi connectivity index (χ2v) is 8.14. The predicted octanol–water partition coefficient (Wildman–Crippen LogP) is 6.30. The molecule has 0 heterocycles. The van der Waals surface area contributed by atoms with Crippen molar-refractivity contribution in [2.75, 3.05) is 13.7 Å². The van der Waals surface area contributed by atoms with Gasteiger partial charge in [-0.1, -0.05) is 45.7 Å². The van der Waals surface area contributed by atoms with Gasteiger partial charge in [-0.3, -0.25) is 4.79 Å². The van der Waals surface area contributed by atoms with Crippen LogP contribution in [-0.2, 0) is 4.79 Å². The fourth-order valence-electron chi connectivity index (χ4n) is 2.85. The lowest BCUT2D eigenvalue weighted by Gasteiger charge is -2.09. The maximum absolute atomic E-state index is 12.5. The Labute approximate surface area is 199 Å². The first-order valence-electron chi connectivity index (χ1n) is 9.61. The Morgan fingerprint density at radius 2 is 1.72 bits per heavy atom. The Hall–Kier alpha value is -3.09. The van der Waals surface area contributed by atoms with E-state index in [4.69, 9.17) is 25.8 Å². The largest absolute Gasteiger partial charge is 0.496 e. The zero-order valence-electron chi connectivity index (χ0n) is 17.4. The summed E-state index contributed by atoms with van der Waals surface area (Å²) in [6.07, 6.45) is 3.15. The molecule has 0 amide bonds. The quantitative estimate of drug-likeness (QED) is 0.152. The van der Waals surface area contributed by atoms with E-state index < -0.39 is 5.97 Å². The summed E-state index contributed by atoms with van der Waals surface area (Å²) in [6.45, 7) is 1.61. The normalized spacial score (nSPS) is 10.8. The van der Waals surface area contributed by atoms with E-state index in [0.717, 1.165) is 15.6 Å². The summed E-state index contributed by atoms with van der Waals surface area (Å²) in [5.74, 6) is 0.733. The molecule has 0 radical (unpaired) electrons. The zero-order valence-corrected chi connectivity index (χ0v) is 19.8. The number of halogens is 2. The van der Waals surface area contributed by atoms with Crippen molar-refractivity contribution in [2.24, 2.45) is 0 Å². The summed E-state index contributed by atoms with van der Waals surface area (Å²) in [6, 6.07) is 17.2. The Bertz CT molecular complexity index is 1160. The van der Waals surface area contributed by atoms with Crippen molar-refractivity contribution in [2.45, 2.75) is 6.92 Å². The van der Waals surface area contributed by atoms with E-state index in [0.29, 0.717) is 27.8 Å². The van der Waals surface area contributed by atoms with E-state index in [1.165, 1.54) is 13.2 Å². The first-order valence-corrected chi connectivity index (χ1v) is 10.8. The van der Waals surface area contributed by atoms with Crippen LogP contribution >= 0.6 is 27.5 Å². The number of hydrogen-bond donors (Lipinski definition) is 0. The number of carbonyl (C=O) groups is 2. The number of methoxy groups -OCH3 is 1. The molecule has 32 heavy (non-hydrogen) atoms. The van der Waals surface area contributed by atoms with Crippen molar-refractivity contribution in [1.82, 2.24) is 0 Å². The minimum absolute atomic E-state index is 0.187. The van der Waals surface area contributed by atoms with Crippen molar-refractivity contribution < 1.29 is 23.8 Å². The van der Waals surface area contributed by atoms with Gasteiger partial charge in [-0.2, -0.15) is 0 Å². The average molecular weight is 516 g/mol. The van der Waals surface area contributed by atoms with Crippen LogP contribution in [-0.4, -0.2) is 25.5 Å². The van der Waals surface area contributed by atoms with Gasteiger partial charge in [-0.25, -0.2) is 4.79 Å². The Kier molecular flexibility index (Phi) is 8.09. The standard InChI is InChI=1S/C25H20BrClO5/c1-16-13-19(27)7-12-23(16)31-15-25(29)32-20-8-3-17(4-9-20)5-10-22(28)21-14-18(26)6-11-24(21)30-2/h3-14H,15H2,1-2H3/b10-5+. The third-order valence-electron chi connectivity index (χ3n) is 4.45. The van der Waals surface area contributed by atoms with Gasteiger partial charge in [0.05, 0.1) is 12.7 Å². The van der Waals surface area contributed by atoms with Gasteiger partial charge < -0.3 is 14.2 Å². The van der Waals surface area contributed by atoms with Crippen molar-refractivity contribution in [3.05, 3.63) is 92.9 Å². The number of ether oxygens (including phenoxy) is 3. The molecule has 0 aliphatic heterocycles. The van der Waals surface area contributed by atoms with Crippen LogP contribution in [0.25, 0.3) is 6.08 Å². The summed E-state index contributed by atoms with van der Waals surface area (Å²) in [4.78, 5) is 24.6. The van der Waals surface area contributed by atoms with Gasteiger partial charge in [0.25, 0.3) is 0 Å². The van der Waals surface area contributed by atoms with Crippen LogP contribution in [0.15, 0.2) is 71.2 Å². The lowest BCUT2D eigenvalue weighted by molar-refractivity contribution is -0.136. The minimum Gasteiger partial charge on any atom is -0.496 e. The van der Waals surface area contributed by atoms with Crippen LogP contribution < -0.4 is 14.2 Å². The molecule has 0 fully saturated rings. The van der Waals surface area contributed by atoms with E-state index in [-0.39, 0.29) is 12.4 Å². The molecule has 7 heteroatoms. The number of hydrogen-bond acceptors (Lipinski definition) is 5. The third-order valence-corrected chi connectivity index (χ3v) is 5.18. The molecule has 0 aliphatic carbocycles. The summed E-state index contributed by atoms with van der Waals surface area (Å²) < 4.78 is 16.8. The van der Waals surface area contributed by atoms with Gasteiger partial charge in [0, 0.05) is 9.50 Å². The molecule has 0 atom stereocenters. The summed E-state index contributed by atoms with van der Waals surface area (Å²) in [5.41, 5.74) is 2.07. The summed E-state index contributed by atoms with van der Waals surface area (Å²) >= 11 is 9.27. The van der Waals surface area contributed by atoms with E-state index in [1.807, 2.05) is 6.92 Å². The number of esters is 1. The number of allylic oxidation sites excluding steroid dienone is 1. The highest BCUT2D eigenvalue weighted by molar-refractivity contribution is 9.10. The van der Waals surface area contributed by atoms with Crippen LogP contribution in [0.3, 0.4) is 0 Å². The van der Waals surface area contributed by atoms with Crippen LogP contribution in [0, 0.1) is 6.92 Å². The molecule has 3 aromatic carbocycles. The smallest absolute Gasteiger partial charge is 0.349 e. The van der Waals surface area contributed by atoms with E-state index in [2.05, 4.69) is 15.9 Å². The summed E-state index contributed by atoms with van der Waals surface area (Å²) in [5, 5.41) is 0.601. The van der Waals surface area contributed by atoms with Gasteiger partial charge in [0.1, 0.15) is 17.2 Å². The molecule has 3 aromatic rings. The molecule has 164 valence electrons. The van der Waals surface area contributed by atoms with Crippen LogP contribution in [0.4, 0.5) is 0 Å². The van der Waals surface area contributed by atoms with E-state index in [9.17, 15) is 9.59 Å². The molecule has 3 rings (SSSR count). The summed E-state index contributed by atoms with van der Waals surface area (Å²) in [7, 11) is 1.52. The fraction of sp³-hybridized carbons (Fsp3) is 0.120. The van der Waals surface area contributed by atoms with Crippen LogP contribution in [0.2, 0.25) is 5.02 Å². The number of ketones is 1. The molecule has 0 saturated heterocycles. The minimum atomic E-state index is -0.528. The second-order valence-electron chi connectivity index (χ2n) is 6.78. The molecular weight excluding hydrogens is 496 g/mol. The molecule has 5 nitrogen and oxygen atoms in total. The fourth-order valence-corrected chi connectivity index (χ4v) is 3.44. The number of aryl methyl sites for hydroxylation is 1. The van der Waals surface area contributed by atoms with Crippen molar-refractivity contribution >= 4 is 45.4 Å². The van der Waals surface area contributed by atoms with E-state index >= 15 is 0 Å². The van der Waals surface area contributed by atoms with E-state index in [1.54, 1.807) is 66.7 Å². The lowest BCUT2D eigenvalue weighted by atomic mass is 10.1. The maximum Gasteiger partial charge on any atom is 0.349 e. The number of rotatable bonds is 8. The highest BCUT2D eigenvalue weighted by Crippen LogP contribution is 2.24. The lowest BCUT2D eigenvalue weighted by Crippen LogP contribution is -2.18. The van der Waals surface area contributed by atoms with Gasteiger partial charge >= 0.3 is 5.97 Å². The molecule has 0 saturated carbocycles. The first-order chi connectivity index (χ1) is 15.4. The molecular formula is C25H20BrClO5. The highest BCUT2D eigenvalue weighted by atomic mass is 79.9. The molecule has 0 spiro atoms. The molecule has 0 N–H and O–H groups in total. The Morgan fingerprint density at radius 1 is 1.00 bits per heavy atom. The topological polar surface area (TPSA) is 61.8 Å².